The third-order valence-electron chi connectivity index (χ3n) is 3.89. The number of benzene rings is 1. The van der Waals surface area contributed by atoms with Gasteiger partial charge in [0.2, 0.25) is 0 Å². The van der Waals surface area contributed by atoms with E-state index < -0.39 is 18.1 Å². The van der Waals surface area contributed by atoms with Gasteiger partial charge in [0, 0.05) is 13.1 Å². The van der Waals surface area contributed by atoms with Gasteiger partial charge in [0.05, 0.1) is 11.5 Å². The average molecular weight is 338 g/mol. The van der Waals surface area contributed by atoms with E-state index in [9.17, 15) is 18.0 Å². The van der Waals surface area contributed by atoms with E-state index in [0.717, 1.165) is 5.56 Å². The highest BCUT2D eigenvalue weighted by Crippen LogP contribution is 2.33. The molecule has 0 bridgehead atoms. The normalized spacial score (nSPS) is 19.5. The SMILES string of the molecule is Cl.O=C(O)c1ccc(CCN2CCCC(C(F)(F)F)C2)cc1. The lowest BCUT2D eigenvalue weighted by Gasteiger charge is -2.33. The first-order valence-corrected chi connectivity index (χ1v) is 6.97. The highest BCUT2D eigenvalue weighted by Gasteiger charge is 2.41. The average Bonchev–Trinajstić information content (AvgIpc) is 2.45. The molecule has 2 rings (SSSR count). The van der Waals surface area contributed by atoms with E-state index >= 15 is 0 Å². The number of likely N-dealkylation sites (tertiary alicyclic amines) is 1. The Bertz CT molecular complexity index is 491. The number of carboxylic acids is 1. The molecule has 1 aliphatic rings. The van der Waals surface area contributed by atoms with Crippen molar-refractivity contribution >= 4 is 18.4 Å². The summed E-state index contributed by atoms with van der Waals surface area (Å²) in [6, 6.07) is 6.47. The zero-order valence-corrected chi connectivity index (χ0v) is 12.8. The summed E-state index contributed by atoms with van der Waals surface area (Å²) in [5.74, 6) is -2.20. The molecule has 0 aliphatic carbocycles. The van der Waals surface area contributed by atoms with E-state index in [1.807, 2.05) is 4.90 Å². The van der Waals surface area contributed by atoms with Crippen LogP contribution in [0.5, 0.6) is 0 Å². The number of piperidine rings is 1. The first kappa shape index (κ1) is 18.8. The minimum Gasteiger partial charge on any atom is -0.478 e. The fourth-order valence-electron chi connectivity index (χ4n) is 2.63. The van der Waals surface area contributed by atoms with Crippen molar-refractivity contribution in [2.24, 2.45) is 5.92 Å². The Morgan fingerprint density at radius 3 is 2.45 bits per heavy atom. The summed E-state index contributed by atoms with van der Waals surface area (Å²) in [7, 11) is 0. The molecule has 1 atom stereocenters. The summed E-state index contributed by atoms with van der Waals surface area (Å²) in [6.07, 6.45) is -2.69. The van der Waals surface area contributed by atoms with Gasteiger partial charge in [-0.05, 0) is 43.5 Å². The van der Waals surface area contributed by atoms with Gasteiger partial charge >= 0.3 is 12.1 Å². The Morgan fingerprint density at radius 1 is 1.27 bits per heavy atom. The number of nitrogens with zero attached hydrogens (tertiary/aromatic N) is 1. The molecule has 1 saturated heterocycles. The van der Waals surface area contributed by atoms with Crippen molar-refractivity contribution < 1.29 is 23.1 Å². The lowest BCUT2D eigenvalue weighted by molar-refractivity contribution is -0.186. The van der Waals surface area contributed by atoms with Gasteiger partial charge in [-0.25, -0.2) is 4.79 Å². The quantitative estimate of drug-likeness (QED) is 0.912. The number of halogens is 4. The molecular formula is C15H19ClF3NO2. The molecule has 124 valence electrons. The van der Waals surface area contributed by atoms with E-state index in [2.05, 4.69) is 0 Å². The Balaban J connectivity index is 0.00000242. The minimum atomic E-state index is -4.11. The molecule has 1 aliphatic heterocycles. The number of hydrogen-bond donors (Lipinski definition) is 1. The maximum Gasteiger partial charge on any atom is 0.393 e. The first-order chi connectivity index (χ1) is 9.86. The zero-order valence-electron chi connectivity index (χ0n) is 12.0. The minimum absolute atomic E-state index is 0. The molecule has 0 radical (unpaired) electrons. The predicted molar refractivity (Wildman–Crippen MR) is 79.6 cm³/mol. The second-order valence-corrected chi connectivity index (χ2v) is 5.43. The van der Waals surface area contributed by atoms with Crippen molar-refractivity contribution in [1.29, 1.82) is 0 Å². The summed E-state index contributed by atoms with van der Waals surface area (Å²) >= 11 is 0. The number of hydrogen-bond acceptors (Lipinski definition) is 2. The van der Waals surface area contributed by atoms with Crippen LogP contribution in [-0.4, -0.2) is 41.8 Å². The lowest BCUT2D eigenvalue weighted by Crippen LogP contribution is -2.42. The Labute approximate surface area is 133 Å². The summed E-state index contributed by atoms with van der Waals surface area (Å²) < 4.78 is 38.1. The Hall–Kier alpha value is -1.27. The van der Waals surface area contributed by atoms with Crippen LogP contribution in [0.1, 0.15) is 28.8 Å². The van der Waals surface area contributed by atoms with Crippen LogP contribution in [0.25, 0.3) is 0 Å². The molecule has 0 spiro atoms. The predicted octanol–water partition coefficient (Wildman–Crippen LogP) is 3.62. The summed E-state index contributed by atoms with van der Waals surface area (Å²) in [6.45, 7) is 1.33. The summed E-state index contributed by atoms with van der Waals surface area (Å²) in [4.78, 5) is 12.6. The second-order valence-electron chi connectivity index (χ2n) is 5.43. The van der Waals surface area contributed by atoms with Gasteiger partial charge < -0.3 is 10.0 Å². The van der Waals surface area contributed by atoms with Gasteiger partial charge in [-0.3, -0.25) is 0 Å². The highest BCUT2D eigenvalue weighted by molar-refractivity contribution is 5.87. The van der Waals surface area contributed by atoms with E-state index in [0.29, 0.717) is 25.9 Å². The third kappa shape index (κ3) is 5.18. The summed E-state index contributed by atoms with van der Waals surface area (Å²) in [5, 5.41) is 8.80. The van der Waals surface area contributed by atoms with Gasteiger partial charge in [0.15, 0.2) is 0 Å². The summed E-state index contributed by atoms with van der Waals surface area (Å²) in [5.41, 5.74) is 1.16. The van der Waals surface area contributed by atoms with E-state index in [-0.39, 0.29) is 30.9 Å². The van der Waals surface area contributed by atoms with Crippen molar-refractivity contribution in [3.63, 3.8) is 0 Å². The Morgan fingerprint density at radius 2 is 1.91 bits per heavy atom. The van der Waals surface area contributed by atoms with Crippen LogP contribution in [0.4, 0.5) is 13.2 Å². The molecule has 0 saturated carbocycles. The van der Waals surface area contributed by atoms with Crippen LogP contribution < -0.4 is 0 Å². The van der Waals surface area contributed by atoms with Gasteiger partial charge in [-0.15, -0.1) is 12.4 Å². The third-order valence-corrected chi connectivity index (χ3v) is 3.89. The zero-order chi connectivity index (χ0) is 15.5. The molecule has 3 nitrogen and oxygen atoms in total. The van der Waals surface area contributed by atoms with Crippen LogP contribution in [0.15, 0.2) is 24.3 Å². The van der Waals surface area contributed by atoms with Gasteiger partial charge in [0.1, 0.15) is 0 Å². The van der Waals surface area contributed by atoms with Crippen LogP contribution in [0, 0.1) is 5.92 Å². The van der Waals surface area contributed by atoms with Crippen LogP contribution in [0.3, 0.4) is 0 Å². The molecule has 1 unspecified atom stereocenters. The van der Waals surface area contributed by atoms with Gasteiger partial charge in [-0.2, -0.15) is 13.2 Å². The largest absolute Gasteiger partial charge is 0.478 e. The van der Waals surface area contributed by atoms with Crippen molar-refractivity contribution in [3.05, 3.63) is 35.4 Å². The maximum atomic E-state index is 12.7. The molecule has 7 heteroatoms. The first-order valence-electron chi connectivity index (χ1n) is 6.97. The molecule has 1 heterocycles. The molecule has 1 N–H and O–H groups in total. The second kappa shape index (κ2) is 7.83. The lowest BCUT2D eigenvalue weighted by atomic mass is 9.97. The Kier molecular flexibility index (Phi) is 6.68. The number of rotatable bonds is 4. The molecule has 0 amide bonds. The van der Waals surface area contributed by atoms with Crippen molar-refractivity contribution in [1.82, 2.24) is 4.90 Å². The molecular weight excluding hydrogens is 319 g/mol. The number of alkyl halides is 3. The number of carboxylic acid groups (broad SMARTS) is 1. The van der Waals surface area contributed by atoms with E-state index in [1.165, 1.54) is 12.1 Å². The van der Waals surface area contributed by atoms with Gasteiger partial charge in [-0.1, -0.05) is 12.1 Å². The molecule has 22 heavy (non-hydrogen) atoms. The van der Waals surface area contributed by atoms with Crippen molar-refractivity contribution in [2.45, 2.75) is 25.4 Å². The van der Waals surface area contributed by atoms with E-state index in [1.54, 1.807) is 12.1 Å². The van der Waals surface area contributed by atoms with Gasteiger partial charge in [0.25, 0.3) is 0 Å². The van der Waals surface area contributed by atoms with Crippen LogP contribution in [0.2, 0.25) is 0 Å². The fraction of sp³-hybridized carbons (Fsp3) is 0.533. The topological polar surface area (TPSA) is 40.5 Å². The smallest absolute Gasteiger partial charge is 0.393 e. The monoisotopic (exact) mass is 337 g/mol. The number of aromatic carboxylic acids is 1. The molecule has 1 aromatic rings. The van der Waals surface area contributed by atoms with Crippen molar-refractivity contribution in [3.8, 4) is 0 Å². The maximum absolute atomic E-state index is 12.7. The molecule has 0 aromatic heterocycles. The van der Waals surface area contributed by atoms with E-state index in [4.69, 9.17) is 5.11 Å². The number of carbonyl (C=O) groups is 1. The van der Waals surface area contributed by atoms with Crippen LogP contribution in [-0.2, 0) is 6.42 Å². The molecule has 1 fully saturated rings. The molecule has 1 aromatic carbocycles. The fourth-order valence-corrected chi connectivity index (χ4v) is 2.63. The highest BCUT2D eigenvalue weighted by atomic mass is 35.5. The standard InChI is InChI=1S/C15H18F3NO2.ClH/c16-15(17,18)13-2-1-8-19(10-13)9-7-11-3-5-12(6-4-11)14(20)21;/h3-6,13H,1-2,7-10H2,(H,20,21);1H. The van der Waals surface area contributed by atoms with Crippen molar-refractivity contribution in [2.75, 3.05) is 19.6 Å². The van der Waals surface area contributed by atoms with Crippen LogP contribution >= 0.6 is 12.4 Å².